The average Bonchev–Trinajstić information content (AvgIpc) is 2.52. The molecule has 0 unspecified atom stereocenters. The molecule has 0 aliphatic heterocycles. The molecule has 0 radical (unpaired) electrons. The van der Waals surface area contributed by atoms with Gasteiger partial charge in [-0.25, -0.2) is 4.98 Å². The third-order valence-corrected chi connectivity index (χ3v) is 3.68. The second kappa shape index (κ2) is 6.10. The number of aromatic nitrogens is 2. The average molecular weight is 343 g/mol. The van der Waals surface area contributed by atoms with Crippen molar-refractivity contribution >= 4 is 38.6 Å². The van der Waals surface area contributed by atoms with Gasteiger partial charge in [-0.05, 0) is 23.8 Å². The zero-order valence-corrected chi connectivity index (χ0v) is 13.2. The molecular formula is C16H15BrN4. The number of rotatable bonds is 4. The minimum Gasteiger partial charge on any atom is -0.372 e. The highest BCUT2D eigenvalue weighted by atomic mass is 79.9. The molecule has 0 aliphatic carbocycles. The molecule has 0 saturated carbocycles. The van der Waals surface area contributed by atoms with Crippen LogP contribution in [0.25, 0.3) is 10.9 Å². The summed E-state index contributed by atoms with van der Waals surface area (Å²) in [6, 6.07) is 16.2. The topological polar surface area (TPSA) is 49.8 Å². The molecule has 0 bridgehead atoms. The molecule has 0 spiro atoms. The third-order valence-electron chi connectivity index (χ3n) is 3.19. The molecule has 1 aromatic heterocycles. The van der Waals surface area contributed by atoms with Crippen LogP contribution in [0.3, 0.4) is 0 Å². The molecule has 2 aromatic carbocycles. The monoisotopic (exact) mass is 342 g/mol. The lowest BCUT2D eigenvalue weighted by molar-refractivity contribution is 1.07. The molecule has 0 fully saturated rings. The van der Waals surface area contributed by atoms with Crippen LogP contribution in [-0.2, 0) is 6.54 Å². The quantitative estimate of drug-likeness (QED) is 0.751. The smallest absolute Gasteiger partial charge is 0.225 e. The first-order chi connectivity index (χ1) is 10.3. The molecule has 0 saturated heterocycles. The van der Waals surface area contributed by atoms with Crippen LogP contribution in [0, 0.1) is 0 Å². The Balaban J connectivity index is 1.91. The minimum atomic E-state index is 0.619. The molecule has 2 N–H and O–H groups in total. The summed E-state index contributed by atoms with van der Waals surface area (Å²) < 4.78 is 1.00. The molecule has 5 heteroatoms. The molecule has 4 nitrogen and oxygen atoms in total. The highest BCUT2D eigenvalue weighted by molar-refractivity contribution is 9.10. The Morgan fingerprint density at radius 2 is 1.86 bits per heavy atom. The first-order valence-electron chi connectivity index (χ1n) is 6.69. The summed E-state index contributed by atoms with van der Waals surface area (Å²) in [5.74, 6) is 1.44. The first-order valence-corrected chi connectivity index (χ1v) is 7.48. The fourth-order valence-corrected chi connectivity index (χ4v) is 2.50. The van der Waals surface area contributed by atoms with Gasteiger partial charge in [0.1, 0.15) is 5.82 Å². The summed E-state index contributed by atoms with van der Waals surface area (Å²) >= 11 is 3.48. The molecule has 3 rings (SSSR count). The van der Waals surface area contributed by atoms with Gasteiger partial charge in [0.25, 0.3) is 0 Å². The fourth-order valence-electron chi connectivity index (χ4n) is 2.15. The van der Waals surface area contributed by atoms with Gasteiger partial charge in [0.15, 0.2) is 0 Å². The van der Waals surface area contributed by atoms with Crippen molar-refractivity contribution in [1.29, 1.82) is 0 Å². The van der Waals surface area contributed by atoms with Gasteiger partial charge in [0.2, 0.25) is 5.95 Å². The predicted molar refractivity (Wildman–Crippen MR) is 90.6 cm³/mol. The van der Waals surface area contributed by atoms with Crippen LogP contribution in [0.5, 0.6) is 0 Å². The lowest BCUT2D eigenvalue weighted by atomic mass is 10.2. The number of halogens is 1. The largest absolute Gasteiger partial charge is 0.372 e. The van der Waals surface area contributed by atoms with Crippen molar-refractivity contribution in [2.24, 2.45) is 0 Å². The van der Waals surface area contributed by atoms with Crippen LogP contribution in [0.15, 0.2) is 53.0 Å². The van der Waals surface area contributed by atoms with Crippen molar-refractivity contribution in [1.82, 2.24) is 9.97 Å². The Morgan fingerprint density at radius 1 is 1.05 bits per heavy atom. The van der Waals surface area contributed by atoms with Crippen LogP contribution < -0.4 is 10.6 Å². The lowest BCUT2D eigenvalue weighted by Gasteiger charge is -2.10. The molecule has 1 heterocycles. The number of anilines is 2. The van der Waals surface area contributed by atoms with E-state index in [0.29, 0.717) is 12.5 Å². The number of nitrogens with one attached hydrogen (secondary N) is 2. The lowest BCUT2D eigenvalue weighted by Crippen LogP contribution is -2.06. The molecule has 0 amide bonds. The minimum absolute atomic E-state index is 0.619. The van der Waals surface area contributed by atoms with Crippen LogP contribution in [-0.4, -0.2) is 17.0 Å². The maximum Gasteiger partial charge on any atom is 0.225 e. The van der Waals surface area contributed by atoms with E-state index in [4.69, 9.17) is 0 Å². The van der Waals surface area contributed by atoms with E-state index in [9.17, 15) is 0 Å². The molecule has 0 atom stereocenters. The molecule has 21 heavy (non-hydrogen) atoms. The van der Waals surface area contributed by atoms with Gasteiger partial charge in [0, 0.05) is 23.5 Å². The summed E-state index contributed by atoms with van der Waals surface area (Å²) in [5.41, 5.74) is 2.10. The van der Waals surface area contributed by atoms with Crippen molar-refractivity contribution in [2.45, 2.75) is 6.54 Å². The highest BCUT2D eigenvalue weighted by Crippen LogP contribution is 2.25. The van der Waals surface area contributed by atoms with Crippen LogP contribution >= 0.6 is 15.9 Å². The van der Waals surface area contributed by atoms with Crippen molar-refractivity contribution in [3.63, 3.8) is 0 Å². The van der Waals surface area contributed by atoms with E-state index < -0.39 is 0 Å². The van der Waals surface area contributed by atoms with Crippen LogP contribution in [0.2, 0.25) is 0 Å². The summed E-state index contributed by atoms with van der Waals surface area (Å²) in [4.78, 5) is 9.08. The number of nitrogens with zero attached hydrogens (tertiary/aromatic N) is 2. The second-order valence-electron chi connectivity index (χ2n) is 4.65. The van der Waals surface area contributed by atoms with Gasteiger partial charge in [-0.15, -0.1) is 0 Å². The summed E-state index contributed by atoms with van der Waals surface area (Å²) in [6.07, 6.45) is 0. The van der Waals surface area contributed by atoms with Gasteiger partial charge in [0.05, 0.1) is 5.52 Å². The Labute approximate surface area is 131 Å². The van der Waals surface area contributed by atoms with E-state index >= 15 is 0 Å². The Morgan fingerprint density at radius 3 is 2.62 bits per heavy atom. The highest BCUT2D eigenvalue weighted by Gasteiger charge is 2.07. The van der Waals surface area contributed by atoms with Gasteiger partial charge < -0.3 is 10.6 Å². The Bertz CT molecular complexity index is 759. The van der Waals surface area contributed by atoms with Gasteiger partial charge in [-0.2, -0.15) is 4.98 Å². The van der Waals surface area contributed by atoms with Crippen molar-refractivity contribution < 1.29 is 0 Å². The van der Waals surface area contributed by atoms with Crippen molar-refractivity contribution in [2.75, 3.05) is 17.7 Å². The molecule has 3 aromatic rings. The van der Waals surface area contributed by atoms with E-state index in [0.717, 1.165) is 21.2 Å². The van der Waals surface area contributed by atoms with Crippen molar-refractivity contribution in [3.8, 4) is 0 Å². The SMILES string of the molecule is CNc1nc(NCc2ccccc2)nc2cc(Br)ccc12. The Kier molecular flexibility index (Phi) is 4.01. The first kappa shape index (κ1) is 13.8. The third kappa shape index (κ3) is 3.13. The maximum absolute atomic E-state index is 4.57. The molecule has 0 aliphatic rings. The summed E-state index contributed by atoms with van der Waals surface area (Å²) in [5, 5.41) is 7.40. The van der Waals surface area contributed by atoms with E-state index in [1.54, 1.807) is 0 Å². The van der Waals surface area contributed by atoms with E-state index in [-0.39, 0.29) is 0 Å². The number of benzene rings is 2. The van der Waals surface area contributed by atoms with Crippen molar-refractivity contribution in [3.05, 3.63) is 58.6 Å². The summed E-state index contributed by atoms with van der Waals surface area (Å²) in [6.45, 7) is 0.698. The zero-order valence-electron chi connectivity index (χ0n) is 11.6. The fraction of sp³-hybridized carbons (Fsp3) is 0.125. The van der Waals surface area contributed by atoms with Gasteiger partial charge in [-0.3, -0.25) is 0 Å². The van der Waals surface area contributed by atoms with E-state index in [1.807, 2.05) is 43.4 Å². The van der Waals surface area contributed by atoms with E-state index in [2.05, 4.69) is 48.7 Å². The molecule has 106 valence electrons. The van der Waals surface area contributed by atoms with Crippen LogP contribution in [0.1, 0.15) is 5.56 Å². The number of hydrogen-bond acceptors (Lipinski definition) is 4. The number of hydrogen-bond donors (Lipinski definition) is 2. The summed E-state index contributed by atoms with van der Waals surface area (Å²) in [7, 11) is 1.87. The van der Waals surface area contributed by atoms with Crippen LogP contribution in [0.4, 0.5) is 11.8 Å². The van der Waals surface area contributed by atoms with E-state index in [1.165, 1.54) is 5.56 Å². The normalized spacial score (nSPS) is 10.6. The molecular weight excluding hydrogens is 328 g/mol. The second-order valence-corrected chi connectivity index (χ2v) is 5.56. The predicted octanol–water partition coefficient (Wildman–Crippen LogP) is 4.05. The number of fused-ring (bicyclic) bond motifs is 1. The zero-order chi connectivity index (χ0) is 14.7. The standard InChI is InChI=1S/C16H15BrN4/c1-18-15-13-8-7-12(17)9-14(13)20-16(21-15)19-10-11-5-3-2-4-6-11/h2-9H,10H2,1H3,(H2,18,19,20,21). The maximum atomic E-state index is 4.57. The Hall–Kier alpha value is -2.14. The van der Waals surface area contributed by atoms with Gasteiger partial charge >= 0.3 is 0 Å². The van der Waals surface area contributed by atoms with Gasteiger partial charge in [-0.1, -0.05) is 46.3 Å².